The Morgan fingerprint density at radius 3 is 2.41 bits per heavy atom. The molecule has 2 aromatic carbocycles. The van der Waals surface area contributed by atoms with Crippen LogP contribution in [0.5, 0.6) is 0 Å². The van der Waals surface area contributed by atoms with Gasteiger partial charge < -0.3 is 15.8 Å². The third-order valence-corrected chi connectivity index (χ3v) is 4.77. The van der Waals surface area contributed by atoms with E-state index in [0.717, 1.165) is 51.2 Å². The van der Waals surface area contributed by atoms with Crippen LogP contribution in [0.3, 0.4) is 0 Å². The van der Waals surface area contributed by atoms with Crippen molar-refractivity contribution in [2.24, 2.45) is 10.7 Å². The second kappa shape index (κ2) is 10.7. The summed E-state index contributed by atoms with van der Waals surface area (Å²) in [5, 5.41) is 3.09. The fraction of sp³-hybridized carbons (Fsp3) is 0.409. The molecule has 1 fully saturated rings. The number of piperidine rings is 1. The van der Waals surface area contributed by atoms with E-state index in [9.17, 15) is 0 Å². The lowest BCUT2D eigenvalue weighted by atomic mass is 10.1. The molecule has 1 aliphatic heterocycles. The number of likely N-dealkylation sites (tertiary alicyclic amines) is 1. The van der Waals surface area contributed by atoms with Crippen LogP contribution in [0.15, 0.2) is 65.7 Å². The number of hydrogen-bond acceptors (Lipinski definition) is 3. The summed E-state index contributed by atoms with van der Waals surface area (Å²) in [6.45, 7) is 4.66. The lowest BCUT2D eigenvalue weighted by Crippen LogP contribution is -2.36. The van der Waals surface area contributed by atoms with E-state index in [-0.39, 0.29) is 0 Å². The molecule has 27 heavy (non-hydrogen) atoms. The van der Waals surface area contributed by atoms with Gasteiger partial charge in [-0.05, 0) is 37.0 Å². The van der Waals surface area contributed by atoms with Gasteiger partial charge in [0.2, 0.25) is 0 Å². The molecule has 0 spiro atoms. The van der Waals surface area contributed by atoms with E-state index in [1.807, 2.05) is 30.3 Å². The van der Waals surface area contributed by atoms with Crippen molar-refractivity contribution in [2.45, 2.75) is 31.9 Å². The number of aliphatic imine (C=N–C) groups is 1. The zero-order valence-electron chi connectivity index (χ0n) is 15.9. The smallest absolute Gasteiger partial charge is 0.193 e. The Kier molecular flexibility index (Phi) is 7.69. The number of nitrogens with one attached hydrogen (secondary N) is 1. The molecule has 1 saturated heterocycles. The monoisotopic (exact) mass is 366 g/mol. The molecule has 1 aliphatic rings. The number of nitrogens with two attached hydrogens (primary N) is 1. The Labute approximate surface area is 162 Å². The number of nitrogens with zero attached hydrogens (tertiary/aromatic N) is 2. The minimum atomic E-state index is 0.376. The lowest BCUT2D eigenvalue weighted by Gasteiger charge is -2.31. The molecule has 144 valence electrons. The van der Waals surface area contributed by atoms with E-state index in [4.69, 9.17) is 10.5 Å². The van der Waals surface area contributed by atoms with E-state index < -0.39 is 0 Å². The van der Waals surface area contributed by atoms with E-state index >= 15 is 0 Å². The predicted octanol–water partition coefficient (Wildman–Crippen LogP) is 3.48. The second-order valence-corrected chi connectivity index (χ2v) is 6.94. The summed E-state index contributed by atoms with van der Waals surface area (Å²) in [6, 6.07) is 20.5. The summed E-state index contributed by atoms with van der Waals surface area (Å²) in [7, 11) is 0. The zero-order chi connectivity index (χ0) is 18.7. The highest BCUT2D eigenvalue weighted by Crippen LogP contribution is 2.16. The van der Waals surface area contributed by atoms with Crippen LogP contribution >= 0.6 is 0 Å². The number of hydrogen-bond donors (Lipinski definition) is 2. The molecule has 0 amide bonds. The molecule has 3 N–H and O–H groups in total. The van der Waals surface area contributed by atoms with Crippen molar-refractivity contribution in [3.05, 3.63) is 66.2 Å². The van der Waals surface area contributed by atoms with E-state index in [2.05, 4.69) is 45.5 Å². The molecule has 2 aromatic rings. The predicted molar refractivity (Wildman–Crippen MR) is 112 cm³/mol. The fourth-order valence-electron chi connectivity index (χ4n) is 3.30. The lowest BCUT2D eigenvalue weighted by molar-refractivity contribution is 0.00566. The van der Waals surface area contributed by atoms with Gasteiger partial charge in [-0.15, -0.1) is 0 Å². The van der Waals surface area contributed by atoms with Crippen molar-refractivity contribution in [2.75, 3.05) is 31.6 Å². The summed E-state index contributed by atoms with van der Waals surface area (Å²) in [6.07, 6.45) is 3.48. The zero-order valence-corrected chi connectivity index (χ0v) is 15.9. The van der Waals surface area contributed by atoms with Gasteiger partial charge in [-0.2, -0.15) is 0 Å². The maximum Gasteiger partial charge on any atom is 0.193 e. The van der Waals surface area contributed by atoms with Crippen molar-refractivity contribution in [3.8, 4) is 0 Å². The highest BCUT2D eigenvalue weighted by molar-refractivity contribution is 5.92. The Bertz CT molecular complexity index is 682. The highest BCUT2D eigenvalue weighted by Gasteiger charge is 2.19. The molecule has 3 rings (SSSR count). The van der Waals surface area contributed by atoms with Gasteiger partial charge in [0, 0.05) is 38.5 Å². The van der Waals surface area contributed by atoms with Crippen LogP contribution in [0.25, 0.3) is 0 Å². The molecule has 0 aromatic heterocycles. The molecule has 5 nitrogen and oxygen atoms in total. The van der Waals surface area contributed by atoms with E-state index in [0.29, 0.717) is 18.6 Å². The first kappa shape index (κ1) is 19.4. The molecule has 1 heterocycles. The number of guanidine groups is 1. The molecule has 0 unspecified atom stereocenters. The first-order valence-corrected chi connectivity index (χ1v) is 9.79. The summed E-state index contributed by atoms with van der Waals surface area (Å²) >= 11 is 0. The second-order valence-electron chi connectivity index (χ2n) is 6.94. The van der Waals surface area contributed by atoms with Crippen molar-refractivity contribution < 1.29 is 4.74 Å². The van der Waals surface area contributed by atoms with Gasteiger partial charge >= 0.3 is 0 Å². The Morgan fingerprint density at radius 1 is 1.04 bits per heavy atom. The molecule has 0 saturated carbocycles. The summed E-state index contributed by atoms with van der Waals surface area (Å²) in [5.41, 5.74) is 8.24. The van der Waals surface area contributed by atoms with Gasteiger partial charge in [-0.25, -0.2) is 0 Å². The van der Waals surface area contributed by atoms with Crippen LogP contribution in [-0.4, -0.2) is 43.2 Å². The van der Waals surface area contributed by atoms with Gasteiger partial charge in [0.15, 0.2) is 5.96 Å². The Hall–Kier alpha value is -2.37. The fourth-order valence-corrected chi connectivity index (χ4v) is 3.30. The van der Waals surface area contributed by atoms with Crippen molar-refractivity contribution in [1.82, 2.24) is 4.90 Å². The SMILES string of the molecule is NC(=NCCCOC1CCN(Cc2ccccc2)CC1)Nc1ccccc1. The van der Waals surface area contributed by atoms with Crippen LogP contribution in [0.1, 0.15) is 24.8 Å². The molecular formula is C22H30N4O. The topological polar surface area (TPSA) is 62.9 Å². The first-order chi connectivity index (χ1) is 13.3. The normalized spacial score (nSPS) is 16.4. The molecule has 5 heteroatoms. The Morgan fingerprint density at radius 2 is 1.70 bits per heavy atom. The van der Waals surface area contributed by atoms with Gasteiger partial charge in [-0.3, -0.25) is 9.89 Å². The highest BCUT2D eigenvalue weighted by atomic mass is 16.5. The van der Waals surface area contributed by atoms with Gasteiger partial charge in [-0.1, -0.05) is 48.5 Å². The number of para-hydroxylation sites is 1. The third kappa shape index (κ3) is 7.04. The van der Waals surface area contributed by atoms with Crippen molar-refractivity contribution >= 4 is 11.6 Å². The maximum absolute atomic E-state index is 6.02. The maximum atomic E-state index is 6.02. The van der Waals surface area contributed by atoms with Crippen molar-refractivity contribution in [1.29, 1.82) is 0 Å². The molecule has 0 radical (unpaired) electrons. The van der Waals surface area contributed by atoms with Crippen LogP contribution < -0.4 is 11.1 Å². The van der Waals surface area contributed by atoms with E-state index in [1.165, 1.54) is 5.56 Å². The Balaban J connectivity index is 1.26. The molecular weight excluding hydrogens is 336 g/mol. The van der Waals surface area contributed by atoms with E-state index in [1.54, 1.807) is 0 Å². The first-order valence-electron chi connectivity index (χ1n) is 9.79. The molecule has 0 atom stereocenters. The largest absolute Gasteiger partial charge is 0.378 e. The van der Waals surface area contributed by atoms with Gasteiger partial charge in [0.25, 0.3) is 0 Å². The standard InChI is InChI=1S/C22H30N4O/c23-22(25-20-10-5-2-6-11-20)24-14-7-17-27-21-12-15-26(16-13-21)18-19-8-3-1-4-9-19/h1-6,8-11,21H,7,12-18H2,(H3,23,24,25). The summed E-state index contributed by atoms with van der Waals surface area (Å²) in [4.78, 5) is 6.87. The number of benzene rings is 2. The average Bonchev–Trinajstić information content (AvgIpc) is 2.70. The van der Waals surface area contributed by atoms with Gasteiger partial charge in [0.1, 0.15) is 0 Å². The van der Waals surface area contributed by atoms with Gasteiger partial charge in [0.05, 0.1) is 6.10 Å². The van der Waals surface area contributed by atoms with Crippen LogP contribution in [0.2, 0.25) is 0 Å². The molecule has 0 bridgehead atoms. The number of rotatable bonds is 8. The molecule has 0 aliphatic carbocycles. The van der Waals surface area contributed by atoms with Crippen LogP contribution in [0.4, 0.5) is 5.69 Å². The minimum Gasteiger partial charge on any atom is -0.378 e. The average molecular weight is 367 g/mol. The van der Waals surface area contributed by atoms with Crippen LogP contribution in [-0.2, 0) is 11.3 Å². The third-order valence-electron chi connectivity index (χ3n) is 4.77. The summed E-state index contributed by atoms with van der Waals surface area (Å²) < 4.78 is 6.02. The van der Waals surface area contributed by atoms with Crippen molar-refractivity contribution in [3.63, 3.8) is 0 Å². The van der Waals surface area contributed by atoms with Crippen LogP contribution in [0, 0.1) is 0 Å². The number of anilines is 1. The minimum absolute atomic E-state index is 0.376. The summed E-state index contributed by atoms with van der Waals surface area (Å²) in [5.74, 6) is 0.454. The quantitative estimate of drug-likeness (QED) is 0.426. The number of ether oxygens (including phenoxy) is 1.